The lowest BCUT2D eigenvalue weighted by Crippen LogP contribution is -2.53. The van der Waals surface area contributed by atoms with Crippen LogP contribution in [0.2, 0.25) is 0 Å². The molecule has 5 nitrogen and oxygen atoms in total. The van der Waals surface area contributed by atoms with Gasteiger partial charge in [-0.05, 0) is 31.1 Å². The molecule has 0 radical (unpaired) electrons. The lowest BCUT2D eigenvalue weighted by Gasteiger charge is -2.33. The SMILES string of the molecule is CCC(C)(CS(=O)(=O)O)NC(=O)C(CC(C)(C)C)C(C)C. The summed E-state index contributed by atoms with van der Waals surface area (Å²) in [5.74, 6) is -0.635. The molecule has 126 valence electrons. The van der Waals surface area contributed by atoms with Gasteiger partial charge in [-0.25, -0.2) is 0 Å². The number of nitrogens with one attached hydrogen (secondary N) is 1. The fraction of sp³-hybridized carbons (Fsp3) is 0.933. The highest BCUT2D eigenvalue weighted by Crippen LogP contribution is 2.29. The van der Waals surface area contributed by atoms with Crippen molar-refractivity contribution in [3.05, 3.63) is 0 Å². The Balaban J connectivity index is 5.11. The molecule has 0 aliphatic rings. The molecule has 0 spiro atoms. The van der Waals surface area contributed by atoms with Crippen molar-refractivity contribution in [2.24, 2.45) is 17.3 Å². The molecule has 0 aliphatic heterocycles. The van der Waals surface area contributed by atoms with Crippen molar-refractivity contribution < 1.29 is 17.8 Å². The smallest absolute Gasteiger partial charge is 0.267 e. The lowest BCUT2D eigenvalue weighted by atomic mass is 9.79. The molecule has 0 saturated heterocycles. The predicted octanol–water partition coefficient (Wildman–Crippen LogP) is 2.87. The molecule has 0 fully saturated rings. The largest absolute Gasteiger partial charge is 0.350 e. The molecule has 1 amide bonds. The fourth-order valence-electron chi connectivity index (χ4n) is 2.31. The number of carbonyl (C=O) groups excluding carboxylic acids is 1. The van der Waals surface area contributed by atoms with Crippen LogP contribution in [0.25, 0.3) is 0 Å². The first-order valence-electron chi connectivity index (χ1n) is 7.46. The first kappa shape index (κ1) is 20.4. The van der Waals surface area contributed by atoms with E-state index in [1.807, 2.05) is 13.8 Å². The maximum absolute atomic E-state index is 12.5. The van der Waals surface area contributed by atoms with Gasteiger partial charge in [-0.2, -0.15) is 8.42 Å². The highest BCUT2D eigenvalue weighted by molar-refractivity contribution is 7.85. The molecule has 2 N–H and O–H groups in total. The Kier molecular flexibility index (Phi) is 6.88. The Hall–Kier alpha value is -0.620. The van der Waals surface area contributed by atoms with E-state index in [1.54, 1.807) is 13.8 Å². The van der Waals surface area contributed by atoms with Gasteiger partial charge < -0.3 is 5.32 Å². The maximum Gasteiger partial charge on any atom is 0.267 e. The maximum atomic E-state index is 12.5. The van der Waals surface area contributed by atoms with Gasteiger partial charge in [0.2, 0.25) is 5.91 Å². The van der Waals surface area contributed by atoms with Gasteiger partial charge in [0, 0.05) is 5.92 Å². The van der Waals surface area contributed by atoms with Gasteiger partial charge in [0.1, 0.15) is 0 Å². The molecule has 2 unspecified atom stereocenters. The minimum Gasteiger partial charge on any atom is -0.350 e. The number of carbonyl (C=O) groups is 1. The zero-order chi connectivity index (χ0) is 17.1. The summed E-state index contributed by atoms with van der Waals surface area (Å²) in [5.41, 5.74) is -0.937. The summed E-state index contributed by atoms with van der Waals surface area (Å²) in [7, 11) is -4.14. The van der Waals surface area contributed by atoms with E-state index in [0.717, 1.165) is 6.42 Å². The van der Waals surface area contributed by atoms with E-state index in [0.29, 0.717) is 6.42 Å². The summed E-state index contributed by atoms with van der Waals surface area (Å²) >= 11 is 0. The van der Waals surface area contributed by atoms with Crippen molar-refractivity contribution in [3.8, 4) is 0 Å². The Morgan fingerprint density at radius 2 is 1.67 bits per heavy atom. The highest BCUT2D eigenvalue weighted by Gasteiger charge is 2.34. The van der Waals surface area contributed by atoms with E-state index in [2.05, 4.69) is 26.1 Å². The van der Waals surface area contributed by atoms with Crippen molar-refractivity contribution in [1.82, 2.24) is 5.32 Å². The summed E-state index contributed by atoms with van der Waals surface area (Å²) in [6, 6.07) is 0. The summed E-state index contributed by atoms with van der Waals surface area (Å²) in [4.78, 5) is 12.5. The van der Waals surface area contributed by atoms with Crippen molar-refractivity contribution in [3.63, 3.8) is 0 Å². The third-order valence-corrected chi connectivity index (χ3v) is 4.68. The average molecular weight is 321 g/mol. The molecular formula is C15H31NO4S. The second-order valence-corrected chi connectivity index (χ2v) is 9.20. The van der Waals surface area contributed by atoms with Crippen LogP contribution in [0.5, 0.6) is 0 Å². The normalized spacial score (nSPS) is 17.4. The fourth-order valence-corrected chi connectivity index (χ4v) is 3.39. The Morgan fingerprint density at radius 3 is 1.95 bits per heavy atom. The number of hydrogen-bond acceptors (Lipinski definition) is 3. The molecule has 0 rings (SSSR count). The van der Waals surface area contributed by atoms with Crippen LogP contribution >= 0.6 is 0 Å². The van der Waals surface area contributed by atoms with Crippen LogP contribution in [0.15, 0.2) is 0 Å². The monoisotopic (exact) mass is 321 g/mol. The quantitative estimate of drug-likeness (QED) is 0.706. The Morgan fingerprint density at radius 1 is 1.19 bits per heavy atom. The molecular weight excluding hydrogens is 290 g/mol. The van der Waals surface area contributed by atoms with Crippen molar-refractivity contribution in [2.75, 3.05) is 5.75 Å². The second kappa shape index (κ2) is 7.09. The van der Waals surface area contributed by atoms with E-state index in [9.17, 15) is 13.2 Å². The van der Waals surface area contributed by atoms with E-state index < -0.39 is 21.4 Å². The standard InChI is InChI=1S/C15H31NO4S/c1-8-15(7,10-21(18,19)20)16-13(17)12(11(2)3)9-14(4,5)6/h11-12H,8-10H2,1-7H3,(H,16,17)(H,18,19,20). The van der Waals surface area contributed by atoms with Crippen LogP contribution in [0.1, 0.15) is 61.3 Å². The van der Waals surface area contributed by atoms with Crippen LogP contribution in [0.4, 0.5) is 0 Å². The van der Waals surface area contributed by atoms with Gasteiger partial charge in [0.25, 0.3) is 10.1 Å². The molecule has 0 aromatic carbocycles. The van der Waals surface area contributed by atoms with Crippen molar-refractivity contribution in [2.45, 2.75) is 66.8 Å². The molecule has 6 heteroatoms. The molecule has 0 aromatic heterocycles. The topological polar surface area (TPSA) is 83.5 Å². The van der Waals surface area contributed by atoms with Crippen LogP contribution in [-0.2, 0) is 14.9 Å². The molecule has 0 heterocycles. The summed E-state index contributed by atoms with van der Waals surface area (Å²) in [6.07, 6.45) is 1.15. The van der Waals surface area contributed by atoms with Crippen LogP contribution < -0.4 is 5.32 Å². The van der Waals surface area contributed by atoms with Gasteiger partial charge >= 0.3 is 0 Å². The molecule has 0 saturated carbocycles. The van der Waals surface area contributed by atoms with Gasteiger partial charge in [-0.3, -0.25) is 9.35 Å². The third kappa shape index (κ3) is 8.41. The molecule has 0 bridgehead atoms. The van der Waals surface area contributed by atoms with E-state index in [4.69, 9.17) is 4.55 Å². The lowest BCUT2D eigenvalue weighted by molar-refractivity contribution is -0.129. The summed E-state index contributed by atoms with van der Waals surface area (Å²) in [5, 5.41) is 2.83. The first-order valence-corrected chi connectivity index (χ1v) is 9.07. The Labute approximate surface area is 129 Å². The number of amides is 1. The third-order valence-electron chi connectivity index (χ3n) is 3.68. The van der Waals surface area contributed by atoms with Crippen LogP contribution in [-0.4, -0.2) is 30.2 Å². The number of rotatable bonds is 7. The summed E-state index contributed by atoms with van der Waals surface area (Å²) < 4.78 is 31.3. The van der Waals surface area contributed by atoms with Gasteiger partial charge in [-0.15, -0.1) is 0 Å². The van der Waals surface area contributed by atoms with Crippen molar-refractivity contribution >= 4 is 16.0 Å². The van der Waals surface area contributed by atoms with Gasteiger partial charge in [0.15, 0.2) is 0 Å². The first-order chi connectivity index (χ1) is 9.19. The number of hydrogen-bond donors (Lipinski definition) is 2. The zero-order valence-corrected chi connectivity index (χ0v) is 15.2. The van der Waals surface area contributed by atoms with Gasteiger partial charge in [0.05, 0.1) is 11.3 Å². The van der Waals surface area contributed by atoms with E-state index in [1.165, 1.54) is 0 Å². The molecule has 0 aromatic rings. The average Bonchev–Trinajstić information content (AvgIpc) is 2.21. The minimum absolute atomic E-state index is 0.0119. The van der Waals surface area contributed by atoms with Crippen LogP contribution in [0.3, 0.4) is 0 Å². The Bertz CT molecular complexity index is 451. The van der Waals surface area contributed by atoms with E-state index in [-0.39, 0.29) is 23.2 Å². The minimum atomic E-state index is -4.14. The summed E-state index contributed by atoms with van der Waals surface area (Å²) in [6.45, 7) is 13.6. The van der Waals surface area contributed by atoms with Gasteiger partial charge in [-0.1, -0.05) is 41.5 Å². The van der Waals surface area contributed by atoms with Crippen molar-refractivity contribution in [1.29, 1.82) is 0 Å². The molecule has 2 atom stereocenters. The molecule has 0 aliphatic carbocycles. The molecule has 21 heavy (non-hydrogen) atoms. The van der Waals surface area contributed by atoms with E-state index >= 15 is 0 Å². The van der Waals surface area contributed by atoms with Crippen LogP contribution in [0, 0.1) is 17.3 Å². The second-order valence-electron chi connectivity index (χ2n) is 7.75. The predicted molar refractivity (Wildman–Crippen MR) is 85.7 cm³/mol. The zero-order valence-electron chi connectivity index (χ0n) is 14.4. The highest BCUT2D eigenvalue weighted by atomic mass is 32.2.